The summed E-state index contributed by atoms with van der Waals surface area (Å²) in [5.41, 5.74) is 8.66. The molecule has 8 heteroatoms. The van der Waals surface area contributed by atoms with Crippen LogP contribution in [0.15, 0.2) is 190 Å². The van der Waals surface area contributed by atoms with Crippen molar-refractivity contribution in [3.05, 3.63) is 203 Å². The van der Waals surface area contributed by atoms with Gasteiger partial charge in [-0.1, -0.05) is 84.9 Å². The highest BCUT2D eigenvalue weighted by molar-refractivity contribution is 6.29. The predicted octanol–water partition coefficient (Wildman–Crippen LogP) is 11.9. The summed E-state index contributed by atoms with van der Waals surface area (Å²) < 4.78 is 12.0. The van der Waals surface area contributed by atoms with Gasteiger partial charge in [0.25, 0.3) is 0 Å². The van der Waals surface area contributed by atoms with E-state index in [1.807, 2.05) is 161 Å². The van der Waals surface area contributed by atoms with Crippen LogP contribution in [0.3, 0.4) is 0 Å². The van der Waals surface area contributed by atoms with Gasteiger partial charge in [-0.05, 0) is 112 Å². The third-order valence-corrected chi connectivity index (χ3v) is 9.69. The van der Waals surface area contributed by atoms with Gasteiger partial charge in [0.1, 0.15) is 24.7 Å². The van der Waals surface area contributed by atoms with Crippen LogP contribution in [0.1, 0.15) is 59.5 Å². The molecule has 0 aliphatic carbocycles. The van der Waals surface area contributed by atoms with E-state index in [9.17, 15) is 9.59 Å². The van der Waals surface area contributed by atoms with E-state index in [1.54, 1.807) is 24.3 Å². The van der Waals surface area contributed by atoms with Crippen LogP contribution in [0.25, 0.3) is 0 Å². The van der Waals surface area contributed by atoms with Gasteiger partial charge in [0, 0.05) is 22.5 Å². The summed E-state index contributed by atoms with van der Waals surface area (Å²) in [5.74, 6) is 0.926. The van der Waals surface area contributed by atoms with Gasteiger partial charge < -0.3 is 20.1 Å². The van der Waals surface area contributed by atoms with Crippen molar-refractivity contribution in [2.45, 2.75) is 40.9 Å². The average Bonchev–Trinajstić information content (AvgIpc) is 3.24. The quantitative estimate of drug-likeness (QED) is 0.135. The maximum atomic E-state index is 14.4. The molecule has 6 aromatic carbocycles. The van der Waals surface area contributed by atoms with Gasteiger partial charge in [-0.25, -0.2) is 0 Å². The fraction of sp³-hybridized carbons (Fsp3) is 0.120. The van der Waals surface area contributed by atoms with Crippen LogP contribution >= 0.6 is 0 Å². The molecule has 0 amide bonds. The Labute approximate surface area is 339 Å². The number of para-hydroxylation sites is 4. The Bertz CT molecular complexity index is 2370. The minimum Gasteiger partial charge on any atom is -0.489 e. The number of ketones is 2. The van der Waals surface area contributed by atoms with E-state index in [0.717, 1.165) is 11.1 Å². The smallest absolute Gasteiger partial charge is 0.196 e. The number of aliphatic imine (C=N–C) groups is 2. The topological polar surface area (TPSA) is 101 Å². The molecule has 6 aromatic rings. The molecular weight excluding hydrogens is 721 g/mol. The van der Waals surface area contributed by atoms with Crippen LogP contribution in [0, 0.1) is 0 Å². The Balaban J connectivity index is 1.23. The number of hydrogen-bond acceptors (Lipinski definition) is 8. The number of benzene rings is 6. The summed E-state index contributed by atoms with van der Waals surface area (Å²) in [5, 5.41) is 6.94. The lowest BCUT2D eigenvalue weighted by Crippen LogP contribution is -2.18. The first-order valence-electron chi connectivity index (χ1n) is 19.1. The van der Waals surface area contributed by atoms with E-state index in [1.165, 1.54) is 0 Å². The van der Waals surface area contributed by atoms with Crippen LogP contribution in [0.5, 0.6) is 11.5 Å². The van der Waals surface area contributed by atoms with Gasteiger partial charge in [0.2, 0.25) is 0 Å². The van der Waals surface area contributed by atoms with Gasteiger partial charge in [0.05, 0.1) is 45.3 Å². The molecule has 0 fully saturated rings. The van der Waals surface area contributed by atoms with Crippen LogP contribution in [0.4, 0.5) is 22.7 Å². The maximum Gasteiger partial charge on any atom is 0.196 e. The van der Waals surface area contributed by atoms with Crippen LogP contribution in [0.2, 0.25) is 0 Å². The lowest BCUT2D eigenvalue weighted by Gasteiger charge is -2.19. The van der Waals surface area contributed by atoms with E-state index in [-0.39, 0.29) is 11.6 Å². The number of fused-ring (bicyclic) bond motifs is 2. The Morgan fingerprint density at radius 3 is 1.17 bits per heavy atom. The Morgan fingerprint density at radius 2 is 0.793 bits per heavy atom. The molecule has 2 N–H and O–H groups in total. The number of ether oxygens (including phenoxy) is 2. The Kier molecular flexibility index (Phi) is 12.1. The molecule has 0 aromatic heterocycles. The molecule has 1 aliphatic heterocycles. The van der Waals surface area contributed by atoms with Gasteiger partial charge in [-0.15, -0.1) is 0 Å². The monoisotopic (exact) mass is 764 g/mol. The number of carbonyl (C=O) groups excluding carboxylic acids is 2. The number of allylic oxidation sites excluding steroid dienone is 4. The zero-order chi connectivity index (χ0) is 40.4. The van der Waals surface area contributed by atoms with Crippen molar-refractivity contribution in [2.75, 3.05) is 10.6 Å². The van der Waals surface area contributed by atoms with E-state index in [2.05, 4.69) is 10.6 Å². The van der Waals surface area contributed by atoms with Crippen molar-refractivity contribution in [2.24, 2.45) is 9.98 Å². The van der Waals surface area contributed by atoms with Gasteiger partial charge in [0.15, 0.2) is 11.6 Å². The fourth-order valence-electron chi connectivity index (χ4n) is 6.74. The van der Waals surface area contributed by atoms with E-state index >= 15 is 0 Å². The zero-order valence-electron chi connectivity index (χ0n) is 33.0. The van der Waals surface area contributed by atoms with Gasteiger partial charge in [-0.2, -0.15) is 0 Å². The molecule has 1 heterocycles. The highest BCUT2D eigenvalue weighted by Crippen LogP contribution is 2.33. The molecule has 7 rings (SSSR count). The first kappa shape index (κ1) is 38.9. The third-order valence-electron chi connectivity index (χ3n) is 9.69. The van der Waals surface area contributed by atoms with Gasteiger partial charge >= 0.3 is 0 Å². The predicted molar refractivity (Wildman–Crippen MR) is 234 cm³/mol. The van der Waals surface area contributed by atoms with E-state index in [0.29, 0.717) is 92.6 Å². The minimum atomic E-state index is -0.198. The molecule has 288 valence electrons. The normalized spacial score (nSPS) is 15.6. The number of hydrogen-bond donors (Lipinski definition) is 2. The molecule has 0 radical (unpaired) electrons. The highest BCUT2D eigenvalue weighted by atomic mass is 16.5. The summed E-state index contributed by atoms with van der Waals surface area (Å²) >= 11 is 0. The van der Waals surface area contributed by atoms with Crippen LogP contribution in [-0.2, 0) is 13.2 Å². The lowest BCUT2D eigenvalue weighted by molar-refractivity contribution is 0.103. The Morgan fingerprint density at radius 1 is 0.448 bits per heavy atom. The summed E-state index contributed by atoms with van der Waals surface area (Å²) in [7, 11) is 0. The summed E-state index contributed by atoms with van der Waals surface area (Å²) in [6.45, 7) is 8.23. The minimum absolute atomic E-state index is 0.198. The second-order valence-electron chi connectivity index (χ2n) is 13.9. The second-order valence-corrected chi connectivity index (χ2v) is 13.9. The van der Waals surface area contributed by atoms with Crippen molar-refractivity contribution >= 4 is 45.7 Å². The molecule has 0 bridgehead atoms. The molecule has 8 nitrogen and oxygen atoms in total. The number of Topliss-reactive ketones (excluding diaryl/α,β-unsaturated/α-hetero) is 2. The van der Waals surface area contributed by atoms with Gasteiger partial charge in [-0.3, -0.25) is 19.6 Å². The van der Waals surface area contributed by atoms with Crippen molar-refractivity contribution in [1.29, 1.82) is 0 Å². The molecule has 58 heavy (non-hydrogen) atoms. The molecule has 0 spiro atoms. The Hall–Kier alpha value is -7.32. The number of nitrogens with one attached hydrogen (secondary N) is 2. The lowest BCUT2D eigenvalue weighted by atomic mass is 9.97. The number of carbonyl (C=O) groups is 2. The first-order valence-corrected chi connectivity index (χ1v) is 19.1. The highest BCUT2D eigenvalue weighted by Gasteiger charge is 2.23. The molecule has 0 atom stereocenters. The fourth-order valence-corrected chi connectivity index (χ4v) is 6.74. The molecular formula is C50H44N4O4. The third kappa shape index (κ3) is 9.37. The van der Waals surface area contributed by atoms with Crippen molar-refractivity contribution in [3.8, 4) is 11.5 Å². The van der Waals surface area contributed by atoms with Crippen molar-refractivity contribution < 1.29 is 19.1 Å². The van der Waals surface area contributed by atoms with Crippen molar-refractivity contribution in [1.82, 2.24) is 0 Å². The number of rotatable bonds is 10. The van der Waals surface area contributed by atoms with Crippen molar-refractivity contribution in [3.63, 3.8) is 0 Å². The van der Waals surface area contributed by atoms with Crippen LogP contribution in [-0.4, -0.2) is 23.0 Å². The molecule has 0 saturated heterocycles. The summed E-state index contributed by atoms with van der Waals surface area (Å²) in [4.78, 5) is 38.9. The molecule has 1 aliphatic rings. The van der Waals surface area contributed by atoms with Crippen LogP contribution < -0.4 is 20.1 Å². The van der Waals surface area contributed by atoms with E-state index in [4.69, 9.17) is 19.5 Å². The van der Waals surface area contributed by atoms with E-state index < -0.39 is 0 Å². The average molecular weight is 765 g/mol. The SMILES string of the molecule is CC1=Nc2ccccc2N/C(C)=C(/C(=O)c2ccc(OCc3ccccc3)cc2)C(C)=Nc2ccccc2N/C(C)=C\1C(=O)c1ccc(OCc2ccccc2)cc1. The first-order chi connectivity index (χ1) is 28.2. The maximum absolute atomic E-state index is 14.4. The standard InChI is InChI=1S/C50H44N4O4/c1-33-47(49(55)39-23-27-41(28-24-39)57-31-37-15-7-5-8-16-37)34(2)52-45-21-13-14-22-46(45)54-36(4)48(35(3)53-44-20-12-11-19-43(44)51-33)50(56)40-25-29-42(30-26-40)58-32-38-17-9-6-10-18-38/h5-30,51,54H,31-32H2,1-4H3/b47-33+,48-36+,52-34?,53-35?. The largest absolute Gasteiger partial charge is 0.489 e. The molecule has 0 unspecified atom stereocenters. The molecule has 0 saturated carbocycles. The zero-order valence-corrected chi connectivity index (χ0v) is 33.0. The number of anilines is 2. The number of nitrogens with zero attached hydrogens (tertiary/aromatic N) is 2. The summed E-state index contributed by atoms with van der Waals surface area (Å²) in [6.07, 6.45) is 0. The second kappa shape index (κ2) is 18.1. The summed E-state index contributed by atoms with van der Waals surface area (Å²) in [6, 6.07) is 49.3.